The smallest absolute Gasteiger partial charge is 0.137 e. The third kappa shape index (κ3) is 1.53. The molecule has 0 fully saturated rings. The summed E-state index contributed by atoms with van der Waals surface area (Å²) in [6.07, 6.45) is 0. The van der Waals surface area contributed by atoms with Crippen molar-refractivity contribution in [1.29, 1.82) is 0 Å². The Kier molecular flexibility index (Phi) is 2.40. The maximum absolute atomic E-state index is 6.67. The van der Waals surface area contributed by atoms with Crippen molar-refractivity contribution in [3.8, 4) is 11.1 Å². The van der Waals surface area contributed by atoms with E-state index in [0.29, 0.717) is 0 Å². The number of hydrogen-bond acceptors (Lipinski definition) is 1. The lowest BCUT2D eigenvalue weighted by Crippen LogP contribution is -2.15. The molecule has 1 aromatic heterocycles. The van der Waals surface area contributed by atoms with E-state index >= 15 is 0 Å². The van der Waals surface area contributed by atoms with E-state index in [9.17, 15) is 0 Å². The second kappa shape index (κ2) is 4.18. The van der Waals surface area contributed by atoms with Gasteiger partial charge >= 0.3 is 0 Å². The van der Waals surface area contributed by atoms with Gasteiger partial charge in [0.15, 0.2) is 0 Å². The first-order chi connectivity index (χ1) is 11.1. The molecule has 2 heteroatoms. The average Bonchev–Trinajstić information content (AvgIpc) is 3.01. The summed E-state index contributed by atoms with van der Waals surface area (Å²) in [5.74, 6) is 0. The van der Waals surface area contributed by atoms with Crippen molar-refractivity contribution in [1.82, 2.24) is 0 Å². The zero-order chi connectivity index (χ0) is 15.8. The highest BCUT2D eigenvalue weighted by Gasteiger charge is 2.39. The number of halogens is 1. The van der Waals surface area contributed by atoms with Gasteiger partial charge in [0.05, 0.1) is 5.02 Å². The van der Waals surface area contributed by atoms with Crippen molar-refractivity contribution in [2.75, 3.05) is 0 Å². The summed E-state index contributed by atoms with van der Waals surface area (Å²) in [5.41, 5.74) is 6.70. The Labute approximate surface area is 139 Å². The van der Waals surface area contributed by atoms with Crippen LogP contribution in [0.5, 0.6) is 0 Å². The molecule has 0 aliphatic heterocycles. The van der Waals surface area contributed by atoms with Crippen LogP contribution < -0.4 is 0 Å². The van der Waals surface area contributed by atoms with E-state index in [1.165, 1.54) is 22.1 Å². The van der Waals surface area contributed by atoms with E-state index in [0.717, 1.165) is 27.1 Å². The van der Waals surface area contributed by atoms with Crippen LogP contribution in [0.15, 0.2) is 59.0 Å². The van der Waals surface area contributed by atoms with Crippen LogP contribution in [-0.4, -0.2) is 0 Å². The van der Waals surface area contributed by atoms with Gasteiger partial charge in [-0.3, -0.25) is 0 Å². The summed E-state index contributed by atoms with van der Waals surface area (Å²) in [6.45, 7) is 4.55. The number of para-hydroxylation sites is 1. The highest BCUT2D eigenvalue weighted by Crippen LogP contribution is 2.55. The minimum absolute atomic E-state index is 0.0955. The average molecular weight is 319 g/mol. The Morgan fingerprint density at radius 1 is 0.913 bits per heavy atom. The lowest BCUT2D eigenvalue weighted by Gasteiger charge is -2.22. The first-order valence-corrected chi connectivity index (χ1v) is 8.21. The van der Waals surface area contributed by atoms with Gasteiger partial charge in [-0.25, -0.2) is 0 Å². The summed E-state index contributed by atoms with van der Waals surface area (Å²) < 4.78 is 6.07. The lowest BCUT2D eigenvalue weighted by atomic mass is 9.80. The predicted octanol–water partition coefficient (Wildman–Crippen LogP) is 6.55. The van der Waals surface area contributed by atoms with Crippen LogP contribution in [0.4, 0.5) is 0 Å². The number of rotatable bonds is 0. The third-order valence-corrected chi connectivity index (χ3v) is 5.41. The van der Waals surface area contributed by atoms with E-state index in [1.807, 2.05) is 18.2 Å². The summed E-state index contributed by atoms with van der Waals surface area (Å²) in [4.78, 5) is 0. The normalized spacial score (nSPS) is 15.1. The minimum Gasteiger partial charge on any atom is -0.456 e. The first kappa shape index (κ1) is 13.2. The molecule has 0 spiro atoms. The van der Waals surface area contributed by atoms with Crippen LogP contribution in [-0.2, 0) is 5.41 Å². The van der Waals surface area contributed by atoms with Gasteiger partial charge in [0.1, 0.15) is 11.2 Å². The summed E-state index contributed by atoms with van der Waals surface area (Å²) in [5, 5.41) is 3.13. The first-order valence-electron chi connectivity index (χ1n) is 7.83. The number of hydrogen-bond donors (Lipinski definition) is 0. The Balaban J connectivity index is 2.07. The molecule has 1 aliphatic carbocycles. The molecule has 0 bridgehead atoms. The number of benzene rings is 3. The second-order valence-electron chi connectivity index (χ2n) is 6.75. The number of fused-ring (bicyclic) bond motifs is 7. The highest BCUT2D eigenvalue weighted by molar-refractivity contribution is 6.35. The van der Waals surface area contributed by atoms with E-state index in [2.05, 4.69) is 50.2 Å². The van der Waals surface area contributed by atoms with Crippen LogP contribution in [0.25, 0.3) is 33.1 Å². The van der Waals surface area contributed by atoms with Crippen LogP contribution in [0, 0.1) is 0 Å². The van der Waals surface area contributed by atoms with Gasteiger partial charge in [-0.2, -0.15) is 0 Å². The molecule has 0 saturated heterocycles. The van der Waals surface area contributed by atoms with Gasteiger partial charge in [0, 0.05) is 27.8 Å². The van der Waals surface area contributed by atoms with Gasteiger partial charge in [0.25, 0.3) is 0 Å². The SMILES string of the molecule is CC1(C)c2ccccc2-c2c(Cl)cc3oc4ccccc4c3c21. The molecule has 1 nitrogen and oxygen atoms in total. The zero-order valence-electron chi connectivity index (χ0n) is 13.0. The van der Waals surface area contributed by atoms with Crippen molar-refractivity contribution in [2.45, 2.75) is 19.3 Å². The quantitative estimate of drug-likeness (QED) is 0.358. The molecule has 0 radical (unpaired) electrons. The summed E-state index contributed by atoms with van der Waals surface area (Å²) in [6, 6.07) is 18.7. The zero-order valence-corrected chi connectivity index (χ0v) is 13.7. The van der Waals surface area contributed by atoms with Crippen molar-refractivity contribution in [2.24, 2.45) is 0 Å². The molecule has 0 amide bonds. The Bertz CT molecular complexity index is 1100. The molecule has 23 heavy (non-hydrogen) atoms. The van der Waals surface area contributed by atoms with Gasteiger partial charge < -0.3 is 4.42 Å². The molecule has 3 aromatic carbocycles. The molecule has 4 aromatic rings. The van der Waals surface area contributed by atoms with E-state index in [-0.39, 0.29) is 5.41 Å². The Morgan fingerprint density at radius 2 is 1.65 bits per heavy atom. The van der Waals surface area contributed by atoms with Gasteiger partial charge in [-0.05, 0) is 22.8 Å². The molecule has 0 unspecified atom stereocenters. The van der Waals surface area contributed by atoms with Crippen molar-refractivity contribution >= 4 is 33.5 Å². The van der Waals surface area contributed by atoms with Crippen LogP contribution in [0.1, 0.15) is 25.0 Å². The second-order valence-corrected chi connectivity index (χ2v) is 7.16. The molecule has 1 aliphatic rings. The third-order valence-electron chi connectivity index (χ3n) is 5.11. The Morgan fingerprint density at radius 3 is 2.52 bits per heavy atom. The molecule has 5 rings (SSSR count). The van der Waals surface area contributed by atoms with E-state index in [4.69, 9.17) is 16.0 Å². The molecule has 0 saturated carbocycles. The van der Waals surface area contributed by atoms with Gasteiger partial charge in [-0.1, -0.05) is 67.9 Å². The topological polar surface area (TPSA) is 13.1 Å². The van der Waals surface area contributed by atoms with E-state index in [1.54, 1.807) is 0 Å². The maximum atomic E-state index is 6.67. The fourth-order valence-corrected chi connectivity index (χ4v) is 4.42. The molecule has 0 N–H and O–H groups in total. The highest BCUT2D eigenvalue weighted by atomic mass is 35.5. The predicted molar refractivity (Wildman–Crippen MR) is 96.3 cm³/mol. The van der Waals surface area contributed by atoms with Crippen LogP contribution >= 0.6 is 11.6 Å². The standard InChI is InChI=1S/C21H15ClO/c1-21(2)14-9-5-3-7-12(14)18-15(22)11-17-19(20(18)21)13-8-4-6-10-16(13)23-17/h3-11H,1-2H3. The maximum Gasteiger partial charge on any atom is 0.137 e. The summed E-state index contributed by atoms with van der Waals surface area (Å²) in [7, 11) is 0. The minimum atomic E-state index is -0.0955. The van der Waals surface area contributed by atoms with Crippen molar-refractivity contribution < 1.29 is 4.42 Å². The van der Waals surface area contributed by atoms with Gasteiger partial charge in [0.2, 0.25) is 0 Å². The molecule has 1 heterocycles. The monoisotopic (exact) mass is 318 g/mol. The molecular formula is C21H15ClO. The van der Waals surface area contributed by atoms with Crippen molar-refractivity contribution in [3.63, 3.8) is 0 Å². The lowest BCUT2D eigenvalue weighted by molar-refractivity contribution is 0.657. The largest absolute Gasteiger partial charge is 0.456 e. The van der Waals surface area contributed by atoms with Crippen LogP contribution in [0.2, 0.25) is 5.02 Å². The fraction of sp³-hybridized carbons (Fsp3) is 0.143. The molecule has 0 atom stereocenters. The summed E-state index contributed by atoms with van der Waals surface area (Å²) >= 11 is 6.67. The van der Waals surface area contributed by atoms with E-state index < -0.39 is 0 Å². The number of furan rings is 1. The van der Waals surface area contributed by atoms with Crippen molar-refractivity contribution in [3.05, 3.63) is 70.7 Å². The molecule has 112 valence electrons. The van der Waals surface area contributed by atoms with Crippen LogP contribution in [0.3, 0.4) is 0 Å². The Hall–Kier alpha value is -2.25. The molecular weight excluding hydrogens is 304 g/mol. The fourth-order valence-electron chi connectivity index (χ4n) is 4.12. The van der Waals surface area contributed by atoms with Gasteiger partial charge in [-0.15, -0.1) is 0 Å².